The Morgan fingerprint density at radius 1 is 0.907 bits per heavy atom. The van der Waals surface area contributed by atoms with Crippen molar-refractivity contribution >= 4 is 55.1 Å². The van der Waals surface area contributed by atoms with Gasteiger partial charge in [-0.25, -0.2) is 12.8 Å². The SMILES string of the molecule is CCNC(=O)[C@H](Cc1ccccc1)N(Cc1ccc(Br)cc1)C(=O)CN(c1ccc(F)c(Cl)c1)S(=O)(=O)c1ccccc1. The van der Waals surface area contributed by atoms with Gasteiger partial charge >= 0.3 is 0 Å². The molecule has 224 valence electrons. The fourth-order valence-corrected chi connectivity index (χ4v) is 6.39. The van der Waals surface area contributed by atoms with Crippen molar-refractivity contribution < 1.29 is 22.4 Å². The second-order valence-corrected chi connectivity index (χ2v) is 12.9. The van der Waals surface area contributed by atoms with Gasteiger partial charge in [0.1, 0.15) is 18.4 Å². The second kappa shape index (κ2) is 14.6. The Hall–Kier alpha value is -3.73. The fourth-order valence-electron chi connectivity index (χ4n) is 4.52. The van der Waals surface area contributed by atoms with Gasteiger partial charge in [-0.1, -0.05) is 88.2 Å². The number of sulfonamides is 1. The van der Waals surface area contributed by atoms with E-state index >= 15 is 0 Å². The molecule has 11 heteroatoms. The van der Waals surface area contributed by atoms with Gasteiger partial charge in [0.05, 0.1) is 15.6 Å². The maximum absolute atomic E-state index is 14.3. The zero-order valence-electron chi connectivity index (χ0n) is 23.3. The van der Waals surface area contributed by atoms with Crippen molar-refractivity contribution in [1.29, 1.82) is 0 Å². The smallest absolute Gasteiger partial charge is 0.264 e. The molecule has 1 atom stereocenters. The molecule has 0 aliphatic heterocycles. The lowest BCUT2D eigenvalue weighted by Gasteiger charge is -2.34. The second-order valence-electron chi connectivity index (χ2n) is 9.67. The zero-order chi connectivity index (χ0) is 31.0. The van der Waals surface area contributed by atoms with E-state index in [0.717, 1.165) is 32.0 Å². The summed E-state index contributed by atoms with van der Waals surface area (Å²) in [5.41, 5.74) is 1.57. The number of halogens is 3. The van der Waals surface area contributed by atoms with Gasteiger partial charge in [0, 0.05) is 24.0 Å². The number of carbonyl (C=O) groups excluding carboxylic acids is 2. The van der Waals surface area contributed by atoms with Gasteiger partial charge in [0.15, 0.2) is 0 Å². The minimum atomic E-state index is -4.31. The standard InChI is InChI=1S/C32H30BrClFN3O4S/c1-2-36-32(40)30(19-23-9-5-3-6-10-23)37(21-24-13-15-25(33)16-14-24)31(39)22-38(26-17-18-29(35)28(34)20-26)43(41,42)27-11-7-4-8-12-27/h3-18,20,30H,2,19,21-22H2,1H3,(H,36,40)/t30-/m0/s1. The van der Waals surface area contributed by atoms with E-state index in [-0.39, 0.29) is 34.5 Å². The van der Waals surface area contributed by atoms with E-state index in [9.17, 15) is 22.4 Å². The number of benzene rings is 4. The van der Waals surface area contributed by atoms with E-state index in [2.05, 4.69) is 21.2 Å². The van der Waals surface area contributed by atoms with Crippen LogP contribution in [0.2, 0.25) is 5.02 Å². The normalized spacial score (nSPS) is 11.9. The Balaban J connectivity index is 1.80. The first-order valence-corrected chi connectivity index (χ1v) is 16.1. The fraction of sp³-hybridized carbons (Fsp3) is 0.188. The summed E-state index contributed by atoms with van der Waals surface area (Å²) in [7, 11) is -4.31. The predicted molar refractivity (Wildman–Crippen MR) is 170 cm³/mol. The first-order chi connectivity index (χ1) is 20.6. The molecule has 0 unspecified atom stereocenters. The summed E-state index contributed by atoms with van der Waals surface area (Å²) >= 11 is 9.46. The monoisotopic (exact) mass is 685 g/mol. The lowest BCUT2D eigenvalue weighted by atomic mass is 10.0. The first kappa shape index (κ1) is 32.2. The van der Waals surface area contributed by atoms with Crippen molar-refractivity contribution in [2.75, 3.05) is 17.4 Å². The number of rotatable bonds is 12. The van der Waals surface area contributed by atoms with Crippen LogP contribution < -0.4 is 9.62 Å². The number of nitrogens with one attached hydrogen (secondary N) is 1. The summed E-state index contributed by atoms with van der Waals surface area (Å²) in [6, 6.07) is 26.7. The molecule has 1 N–H and O–H groups in total. The zero-order valence-corrected chi connectivity index (χ0v) is 26.4. The number of likely N-dealkylation sites (N-methyl/N-ethyl adjacent to an activating group) is 1. The van der Waals surface area contributed by atoms with Crippen molar-refractivity contribution in [1.82, 2.24) is 10.2 Å². The van der Waals surface area contributed by atoms with Gasteiger partial charge in [0.2, 0.25) is 11.8 Å². The molecule has 0 fully saturated rings. The molecule has 0 saturated heterocycles. The van der Waals surface area contributed by atoms with Gasteiger partial charge in [-0.3, -0.25) is 13.9 Å². The molecule has 0 spiro atoms. The molecule has 0 bridgehead atoms. The first-order valence-electron chi connectivity index (χ1n) is 13.5. The summed E-state index contributed by atoms with van der Waals surface area (Å²) in [5, 5.41) is 2.52. The summed E-state index contributed by atoms with van der Waals surface area (Å²) in [6.07, 6.45) is 0.197. The minimum absolute atomic E-state index is 0.00446. The molecule has 0 aliphatic rings. The third-order valence-corrected chi connectivity index (χ3v) is 9.30. The number of hydrogen-bond donors (Lipinski definition) is 1. The molecule has 0 saturated carbocycles. The molecular weight excluding hydrogens is 657 g/mol. The van der Waals surface area contributed by atoms with E-state index in [1.54, 1.807) is 25.1 Å². The number of carbonyl (C=O) groups is 2. The Morgan fingerprint density at radius 3 is 2.14 bits per heavy atom. The minimum Gasteiger partial charge on any atom is -0.355 e. The van der Waals surface area contributed by atoms with Gasteiger partial charge in [-0.2, -0.15) is 0 Å². The van der Waals surface area contributed by atoms with Crippen LogP contribution in [0.1, 0.15) is 18.1 Å². The lowest BCUT2D eigenvalue weighted by Crippen LogP contribution is -2.53. The molecule has 4 rings (SSSR count). The Morgan fingerprint density at radius 2 is 1.53 bits per heavy atom. The van der Waals surface area contributed by atoms with E-state index in [4.69, 9.17) is 11.6 Å². The molecule has 0 heterocycles. The van der Waals surface area contributed by atoms with E-state index in [0.29, 0.717) is 6.54 Å². The Bertz CT molecular complexity index is 1660. The highest BCUT2D eigenvalue weighted by atomic mass is 79.9. The van der Waals surface area contributed by atoms with Crippen LogP contribution in [0.15, 0.2) is 112 Å². The Kier molecular flexibility index (Phi) is 11.0. The molecule has 4 aromatic rings. The van der Waals surface area contributed by atoms with Crippen LogP contribution in [0, 0.1) is 5.82 Å². The molecule has 2 amide bonds. The highest BCUT2D eigenvalue weighted by molar-refractivity contribution is 9.10. The Labute approximate surface area is 264 Å². The molecule has 0 aliphatic carbocycles. The average Bonchev–Trinajstić information content (AvgIpc) is 3.01. The lowest BCUT2D eigenvalue weighted by molar-refractivity contribution is -0.140. The highest BCUT2D eigenvalue weighted by Gasteiger charge is 2.34. The van der Waals surface area contributed by atoms with Crippen LogP contribution in [-0.2, 0) is 32.6 Å². The third kappa shape index (κ3) is 8.22. The van der Waals surface area contributed by atoms with Crippen molar-refractivity contribution in [2.45, 2.75) is 30.8 Å². The molecule has 0 aromatic heterocycles. The van der Waals surface area contributed by atoms with Crippen molar-refractivity contribution in [3.63, 3.8) is 0 Å². The largest absolute Gasteiger partial charge is 0.355 e. The summed E-state index contributed by atoms with van der Waals surface area (Å²) in [5.74, 6) is -1.74. The number of amides is 2. The molecular formula is C32H30BrClFN3O4S. The average molecular weight is 687 g/mol. The van der Waals surface area contributed by atoms with Crippen molar-refractivity contribution in [3.05, 3.63) is 130 Å². The maximum atomic E-state index is 14.3. The summed E-state index contributed by atoms with van der Waals surface area (Å²) in [4.78, 5) is 29.1. The highest BCUT2D eigenvalue weighted by Crippen LogP contribution is 2.28. The van der Waals surface area contributed by atoms with Crippen LogP contribution >= 0.6 is 27.5 Å². The summed E-state index contributed by atoms with van der Waals surface area (Å²) < 4.78 is 43.7. The van der Waals surface area contributed by atoms with Crippen LogP contribution in [-0.4, -0.2) is 44.3 Å². The number of nitrogens with zero attached hydrogens (tertiary/aromatic N) is 2. The molecule has 0 radical (unpaired) electrons. The van der Waals surface area contributed by atoms with E-state index < -0.39 is 34.3 Å². The van der Waals surface area contributed by atoms with E-state index in [1.807, 2.05) is 54.6 Å². The summed E-state index contributed by atoms with van der Waals surface area (Å²) in [6.45, 7) is 1.49. The molecule has 4 aromatic carbocycles. The van der Waals surface area contributed by atoms with Crippen molar-refractivity contribution in [2.24, 2.45) is 0 Å². The number of hydrogen-bond acceptors (Lipinski definition) is 4. The molecule has 43 heavy (non-hydrogen) atoms. The topological polar surface area (TPSA) is 86.8 Å². The van der Waals surface area contributed by atoms with E-state index in [1.165, 1.54) is 23.1 Å². The van der Waals surface area contributed by atoms with Gasteiger partial charge in [0.25, 0.3) is 10.0 Å². The predicted octanol–water partition coefficient (Wildman–Crippen LogP) is 6.21. The maximum Gasteiger partial charge on any atom is 0.264 e. The number of anilines is 1. The van der Waals surface area contributed by atoms with Crippen LogP contribution in [0.25, 0.3) is 0 Å². The quantitative estimate of drug-likeness (QED) is 0.192. The van der Waals surface area contributed by atoms with Crippen LogP contribution in [0.3, 0.4) is 0 Å². The third-order valence-electron chi connectivity index (χ3n) is 6.69. The van der Waals surface area contributed by atoms with Gasteiger partial charge in [-0.15, -0.1) is 0 Å². The van der Waals surface area contributed by atoms with Gasteiger partial charge < -0.3 is 10.2 Å². The van der Waals surface area contributed by atoms with Crippen molar-refractivity contribution in [3.8, 4) is 0 Å². The molecule has 7 nitrogen and oxygen atoms in total. The van der Waals surface area contributed by atoms with Crippen LogP contribution in [0.5, 0.6) is 0 Å². The van der Waals surface area contributed by atoms with Crippen LogP contribution in [0.4, 0.5) is 10.1 Å². The van der Waals surface area contributed by atoms with Gasteiger partial charge in [-0.05, 0) is 60.5 Å².